The quantitative estimate of drug-likeness (QED) is 0.522. The van der Waals surface area contributed by atoms with Crippen LogP contribution in [0.3, 0.4) is 0 Å². The Morgan fingerprint density at radius 2 is 1.62 bits per heavy atom. The Hall–Kier alpha value is -2.48. The Morgan fingerprint density at radius 3 is 2.22 bits per heavy atom. The van der Waals surface area contributed by atoms with Crippen LogP contribution in [0, 0.1) is 33.3 Å². The lowest BCUT2D eigenvalue weighted by molar-refractivity contribution is -0.383. The van der Waals surface area contributed by atoms with Crippen molar-refractivity contribution in [1.29, 1.82) is 0 Å². The van der Waals surface area contributed by atoms with Gasteiger partial charge in [-0.2, -0.15) is 0 Å². The van der Waals surface area contributed by atoms with Crippen molar-refractivity contribution in [3.63, 3.8) is 0 Å². The lowest BCUT2D eigenvalue weighted by Crippen LogP contribution is -2.56. The van der Waals surface area contributed by atoms with Gasteiger partial charge in [0.05, 0.1) is 11.5 Å². The van der Waals surface area contributed by atoms with Gasteiger partial charge in [-0.3, -0.25) is 24.6 Å². The van der Waals surface area contributed by atoms with Crippen LogP contribution in [0.4, 0.5) is 11.4 Å². The number of para-hydroxylation sites is 2. The number of amides is 2. The van der Waals surface area contributed by atoms with Crippen LogP contribution in [-0.4, -0.2) is 47.3 Å². The summed E-state index contributed by atoms with van der Waals surface area (Å²) < 4.78 is 0. The molecule has 1 aromatic rings. The summed E-state index contributed by atoms with van der Waals surface area (Å²) in [6.45, 7) is 1.66. The third-order valence-corrected chi connectivity index (χ3v) is 8.18. The van der Waals surface area contributed by atoms with E-state index in [2.05, 4.69) is 15.5 Å². The number of benzene rings is 1. The highest BCUT2D eigenvalue weighted by molar-refractivity contribution is 5.94. The van der Waals surface area contributed by atoms with Crippen molar-refractivity contribution in [2.24, 2.45) is 23.2 Å². The summed E-state index contributed by atoms with van der Waals surface area (Å²) in [6.07, 6.45) is 8.89. The highest BCUT2D eigenvalue weighted by atomic mass is 16.6. The van der Waals surface area contributed by atoms with E-state index in [-0.39, 0.29) is 41.2 Å². The second-order valence-electron chi connectivity index (χ2n) is 10.5. The molecule has 1 aliphatic heterocycles. The minimum atomic E-state index is -0.492. The van der Waals surface area contributed by atoms with Crippen LogP contribution in [-0.2, 0) is 9.59 Å². The highest BCUT2D eigenvalue weighted by Crippen LogP contribution is 2.60. The first kappa shape index (κ1) is 21.4. The summed E-state index contributed by atoms with van der Waals surface area (Å²) in [6, 6.07) is 6.34. The molecule has 1 heterocycles. The van der Waals surface area contributed by atoms with E-state index in [1.165, 1.54) is 25.3 Å². The molecule has 1 saturated heterocycles. The molecule has 5 fully saturated rings. The maximum Gasteiger partial charge on any atom is 0.292 e. The van der Waals surface area contributed by atoms with Crippen molar-refractivity contribution in [3.8, 4) is 0 Å². The van der Waals surface area contributed by atoms with Crippen molar-refractivity contribution in [3.05, 3.63) is 34.4 Å². The van der Waals surface area contributed by atoms with E-state index >= 15 is 0 Å². The summed E-state index contributed by atoms with van der Waals surface area (Å²) in [5, 5.41) is 17.2. The molecule has 2 amide bonds. The second-order valence-corrected chi connectivity index (χ2v) is 10.5. The zero-order valence-corrected chi connectivity index (χ0v) is 18.4. The van der Waals surface area contributed by atoms with Gasteiger partial charge in [-0.15, -0.1) is 0 Å². The van der Waals surface area contributed by atoms with Gasteiger partial charge in [0.1, 0.15) is 5.69 Å². The fourth-order valence-electron chi connectivity index (χ4n) is 7.09. The Balaban J connectivity index is 1.10. The van der Waals surface area contributed by atoms with E-state index in [0.29, 0.717) is 0 Å². The molecule has 4 bridgehead atoms. The van der Waals surface area contributed by atoms with E-state index in [4.69, 9.17) is 0 Å². The number of piperidine rings is 1. The van der Waals surface area contributed by atoms with E-state index < -0.39 is 4.92 Å². The fourth-order valence-corrected chi connectivity index (χ4v) is 7.09. The Labute approximate surface area is 188 Å². The number of nitrogens with zero attached hydrogens (tertiary/aromatic N) is 2. The van der Waals surface area contributed by atoms with Crippen molar-refractivity contribution in [2.45, 2.75) is 57.4 Å². The summed E-state index contributed by atoms with van der Waals surface area (Å²) in [5.41, 5.74) is 0.00284. The number of likely N-dealkylation sites (tertiary alicyclic amines) is 1. The van der Waals surface area contributed by atoms with Crippen molar-refractivity contribution >= 4 is 23.2 Å². The zero-order chi connectivity index (χ0) is 22.3. The number of carbonyl (C=O) groups is 2. The predicted molar refractivity (Wildman–Crippen MR) is 120 cm³/mol. The molecule has 0 radical (unpaired) electrons. The first-order valence-corrected chi connectivity index (χ1v) is 12.0. The Bertz CT molecular complexity index is 874. The molecule has 4 aliphatic carbocycles. The van der Waals surface area contributed by atoms with E-state index in [9.17, 15) is 19.7 Å². The molecule has 2 N–H and O–H groups in total. The predicted octanol–water partition coefficient (Wildman–Crippen LogP) is 3.33. The highest BCUT2D eigenvalue weighted by Gasteiger charge is 2.54. The third-order valence-electron chi connectivity index (χ3n) is 8.18. The monoisotopic (exact) mass is 440 g/mol. The maximum atomic E-state index is 13.3. The van der Waals surface area contributed by atoms with Gasteiger partial charge < -0.3 is 10.6 Å². The summed E-state index contributed by atoms with van der Waals surface area (Å²) in [5.74, 6) is 2.30. The lowest BCUT2D eigenvalue weighted by atomic mass is 9.49. The number of rotatable bonds is 6. The van der Waals surface area contributed by atoms with Gasteiger partial charge in [0.15, 0.2) is 0 Å². The average Bonchev–Trinajstić information content (AvgIpc) is 2.74. The number of nitro benzene ring substituents is 1. The summed E-state index contributed by atoms with van der Waals surface area (Å²) in [4.78, 5) is 38.4. The molecule has 8 nitrogen and oxygen atoms in total. The van der Waals surface area contributed by atoms with Crippen LogP contribution < -0.4 is 10.6 Å². The van der Waals surface area contributed by atoms with Crippen LogP contribution in [0.1, 0.15) is 51.4 Å². The first-order valence-electron chi connectivity index (χ1n) is 12.0. The molecule has 4 saturated carbocycles. The number of anilines is 1. The standard InChI is InChI=1S/C24H32N4O4/c29-22(26-20-3-1-2-4-21(20)28(31)32)15-27-7-5-19(6-8-27)25-23(30)24-12-16-9-17(13-24)11-18(10-16)14-24/h1-4,16-19H,5-15H2,(H,25,30)(H,26,29). The number of hydrogen-bond acceptors (Lipinski definition) is 5. The third kappa shape index (κ3) is 4.25. The van der Waals surface area contributed by atoms with E-state index in [0.717, 1.165) is 62.9 Å². The van der Waals surface area contributed by atoms with Crippen molar-refractivity contribution in [2.75, 3.05) is 25.0 Å². The number of hydrogen-bond donors (Lipinski definition) is 2. The Kier molecular flexibility index (Phi) is 5.65. The molecule has 0 spiro atoms. The van der Waals surface area contributed by atoms with Crippen LogP contribution in [0.25, 0.3) is 0 Å². The summed E-state index contributed by atoms with van der Waals surface area (Å²) >= 11 is 0. The lowest BCUT2D eigenvalue weighted by Gasteiger charge is -2.56. The molecule has 172 valence electrons. The first-order chi connectivity index (χ1) is 15.4. The SMILES string of the molecule is O=C(CN1CCC(NC(=O)C23CC4CC(CC(C4)C2)C3)CC1)Nc1ccccc1[N+](=O)[O-]. The van der Waals surface area contributed by atoms with Gasteiger partial charge in [-0.25, -0.2) is 0 Å². The Morgan fingerprint density at radius 1 is 1.03 bits per heavy atom. The van der Waals surface area contributed by atoms with E-state index in [1.807, 2.05) is 0 Å². The molecular formula is C24H32N4O4. The largest absolute Gasteiger partial charge is 0.353 e. The molecule has 0 aromatic heterocycles. The number of nitrogens with one attached hydrogen (secondary N) is 2. The molecule has 0 unspecified atom stereocenters. The summed E-state index contributed by atoms with van der Waals surface area (Å²) in [7, 11) is 0. The minimum Gasteiger partial charge on any atom is -0.353 e. The molecule has 6 rings (SSSR count). The molecule has 32 heavy (non-hydrogen) atoms. The van der Waals surface area contributed by atoms with Gasteiger partial charge in [0, 0.05) is 30.6 Å². The minimum absolute atomic E-state index is 0.105. The number of carbonyl (C=O) groups excluding carboxylic acids is 2. The van der Waals surface area contributed by atoms with Gasteiger partial charge >= 0.3 is 0 Å². The van der Waals surface area contributed by atoms with E-state index in [1.54, 1.807) is 18.2 Å². The molecule has 1 aromatic carbocycles. The van der Waals surface area contributed by atoms with Crippen LogP contribution in [0.2, 0.25) is 0 Å². The second kappa shape index (κ2) is 8.46. The van der Waals surface area contributed by atoms with Crippen LogP contribution >= 0.6 is 0 Å². The normalized spacial score (nSPS) is 31.9. The number of nitro groups is 1. The van der Waals surface area contributed by atoms with Gasteiger partial charge in [-0.1, -0.05) is 12.1 Å². The fraction of sp³-hybridized carbons (Fsp3) is 0.667. The average molecular weight is 441 g/mol. The van der Waals surface area contributed by atoms with Gasteiger partial charge in [0.2, 0.25) is 11.8 Å². The molecule has 8 heteroatoms. The van der Waals surface area contributed by atoms with Gasteiger partial charge in [0.25, 0.3) is 5.69 Å². The van der Waals surface area contributed by atoms with Crippen LogP contribution in [0.5, 0.6) is 0 Å². The van der Waals surface area contributed by atoms with Gasteiger partial charge in [-0.05, 0) is 75.2 Å². The zero-order valence-electron chi connectivity index (χ0n) is 18.4. The maximum absolute atomic E-state index is 13.3. The van der Waals surface area contributed by atoms with Crippen molar-refractivity contribution < 1.29 is 14.5 Å². The molecule has 0 atom stereocenters. The smallest absolute Gasteiger partial charge is 0.292 e. The van der Waals surface area contributed by atoms with Crippen LogP contribution in [0.15, 0.2) is 24.3 Å². The molecular weight excluding hydrogens is 408 g/mol. The molecule has 5 aliphatic rings. The topological polar surface area (TPSA) is 105 Å². The van der Waals surface area contributed by atoms with Crippen molar-refractivity contribution in [1.82, 2.24) is 10.2 Å².